The van der Waals surface area contributed by atoms with Gasteiger partial charge in [0.15, 0.2) is 5.78 Å². The predicted octanol–water partition coefficient (Wildman–Crippen LogP) is 2.62. The van der Waals surface area contributed by atoms with Crippen LogP contribution in [-0.2, 0) is 10.4 Å². The zero-order valence-electron chi connectivity index (χ0n) is 11.4. The Kier molecular flexibility index (Phi) is 3.20. The van der Waals surface area contributed by atoms with Crippen molar-refractivity contribution in [3.63, 3.8) is 0 Å². The van der Waals surface area contributed by atoms with E-state index >= 15 is 0 Å². The number of ketones is 1. The second-order valence-corrected chi connectivity index (χ2v) is 5.50. The maximum atomic E-state index is 12.1. The van der Waals surface area contributed by atoms with Crippen LogP contribution >= 0.6 is 0 Å². The first-order valence-electron chi connectivity index (χ1n) is 6.32. The van der Waals surface area contributed by atoms with E-state index in [-0.39, 0.29) is 11.7 Å². The summed E-state index contributed by atoms with van der Waals surface area (Å²) >= 11 is 0. The first kappa shape index (κ1) is 13.1. The minimum absolute atomic E-state index is 0.0983. The number of methoxy groups -OCH3 is 1. The molecule has 1 aromatic rings. The van der Waals surface area contributed by atoms with E-state index < -0.39 is 5.60 Å². The molecule has 98 valence electrons. The Hall–Kier alpha value is -1.35. The zero-order chi connectivity index (χ0) is 13.5. The zero-order valence-corrected chi connectivity index (χ0v) is 11.4. The van der Waals surface area contributed by atoms with E-state index in [0.717, 1.165) is 16.9 Å². The number of carbonyl (C=O) groups is 1. The SMILES string of the molecule is COc1ccc2c(c1)C(C(C)C)CC(=O)C2(C)O. The average molecular weight is 248 g/mol. The van der Waals surface area contributed by atoms with E-state index in [1.54, 1.807) is 26.2 Å². The van der Waals surface area contributed by atoms with Crippen LogP contribution in [0.3, 0.4) is 0 Å². The van der Waals surface area contributed by atoms with Crippen LogP contribution in [0.1, 0.15) is 44.2 Å². The summed E-state index contributed by atoms with van der Waals surface area (Å²) in [7, 11) is 1.62. The molecular weight excluding hydrogens is 228 g/mol. The lowest BCUT2D eigenvalue weighted by molar-refractivity contribution is -0.138. The number of rotatable bonds is 2. The van der Waals surface area contributed by atoms with Gasteiger partial charge < -0.3 is 9.84 Å². The smallest absolute Gasteiger partial charge is 0.169 e. The van der Waals surface area contributed by atoms with Crippen LogP contribution in [0, 0.1) is 5.92 Å². The molecule has 3 nitrogen and oxygen atoms in total. The Labute approximate surface area is 108 Å². The fourth-order valence-corrected chi connectivity index (χ4v) is 2.67. The van der Waals surface area contributed by atoms with Crippen molar-refractivity contribution in [1.82, 2.24) is 0 Å². The van der Waals surface area contributed by atoms with E-state index in [0.29, 0.717) is 12.3 Å². The quantitative estimate of drug-likeness (QED) is 0.875. The lowest BCUT2D eigenvalue weighted by atomic mass is 9.70. The van der Waals surface area contributed by atoms with E-state index in [4.69, 9.17) is 4.74 Å². The number of fused-ring (bicyclic) bond motifs is 1. The molecule has 0 amide bonds. The van der Waals surface area contributed by atoms with Crippen molar-refractivity contribution in [2.45, 2.75) is 38.7 Å². The molecule has 0 saturated heterocycles. The van der Waals surface area contributed by atoms with Crippen LogP contribution in [0.25, 0.3) is 0 Å². The second kappa shape index (κ2) is 4.39. The number of ether oxygens (including phenoxy) is 1. The van der Waals surface area contributed by atoms with Crippen LogP contribution in [0.4, 0.5) is 0 Å². The van der Waals surface area contributed by atoms with Gasteiger partial charge in [0.2, 0.25) is 0 Å². The second-order valence-electron chi connectivity index (χ2n) is 5.50. The lowest BCUT2D eigenvalue weighted by Crippen LogP contribution is -2.39. The molecule has 3 heteroatoms. The summed E-state index contributed by atoms with van der Waals surface area (Å²) in [6.07, 6.45) is 0.394. The summed E-state index contributed by atoms with van der Waals surface area (Å²) in [5, 5.41) is 10.4. The summed E-state index contributed by atoms with van der Waals surface area (Å²) < 4.78 is 5.24. The summed E-state index contributed by atoms with van der Waals surface area (Å²) in [5.41, 5.74) is 0.389. The minimum Gasteiger partial charge on any atom is -0.497 e. The van der Waals surface area contributed by atoms with Gasteiger partial charge in [-0.3, -0.25) is 4.79 Å². The van der Waals surface area contributed by atoms with Gasteiger partial charge in [0.05, 0.1) is 7.11 Å². The maximum absolute atomic E-state index is 12.1. The average Bonchev–Trinajstić information content (AvgIpc) is 2.33. The molecule has 18 heavy (non-hydrogen) atoms. The molecule has 2 unspecified atom stereocenters. The molecule has 1 aliphatic carbocycles. The van der Waals surface area contributed by atoms with Crippen molar-refractivity contribution in [2.24, 2.45) is 5.92 Å². The Morgan fingerprint density at radius 1 is 1.44 bits per heavy atom. The lowest BCUT2D eigenvalue weighted by Gasteiger charge is -2.36. The molecule has 0 fully saturated rings. The molecule has 2 atom stereocenters. The van der Waals surface area contributed by atoms with Crippen LogP contribution in [-0.4, -0.2) is 18.0 Å². The third kappa shape index (κ3) is 1.93. The number of aliphatic hydroxyl groups is 1. The number of Topliss-reactive ketones (excluding diaryl/α,β-unsaturated/α-hetero) is 1. The predicted molar refractivity (Wildman–Crippen MR) is 69.8 cm³/mol. The van der Waals surface area contributed by atoms with E-state index in [1.165, 1.54) is 0 Å². The molecule has 0 spiro atoms. The Morgan fingerprint density at radius 2 is 2.11 bits per heavy atom. The normalized spacial score (nSPS) is 27.2. The highest BCUT2D eigenvalue weighted by Gasteiger charge is 2.42. The Bertz CT molecular complexity index is 475. The van der Waals surface area contributed by atoms with Crippen molar-refractivity contribution in [3.05, 3.63) is 29.3 Å². The molecule has 0 heterocycles. The molecule has 2 rings (SSSR count). The fourth-order valence-electron chi connectivity index (χ4n) is 2.67. The highest BCUT2D eigenvalue weighted by molar-refractivity contribution is 5.91. The van der Waals surface area contributed by atoms with E-state index in [1.807, 2.05) is 6.07 Å². The van der Waals surface area contributed by atoms with Crippen LogP contribution in [0.5, 0.6) is 5.75 Å². The van der Waals surface area contributed by atoms with Crippen LogP contribution in [0.2, 0.25) is 0 Å². The molecule has 1 N–H and O–H groups in total. The third-order valence-electron chi connectivity index (χ3n) is 3.94. The number of benzene rings is 1. The summed E-state index contributed by atoms with van der Waals surface area (Å²) in [4.78, 5) is 12.1. The van der Waals surface area contributed by atoms with Gasteiger partial charge in [-0.25, -0.2) is 0 Å². The van der Waals surface area contributed by atoms with Crippen LogP contribution in [0.15, 0.2) is 18.2 Å². The number of hydrogen-bond donors (Lipinski definition) is 1. The molecule has 0 aliphatic heterocycles. The van der Waals surface area contributed by atoms with Crippen LogP contribution < -0.4 is 4.74 Å². The van der Waals surface area contributed by atoms with Crippen molar-refractivity contribution in [1.29, 1.82) is 0 Å². The van der Waals surface area contributed by atoms with E-state index in [2.05, 4.69) is 13.8 Å². The topological polar surface area (TPSA) is 46.5 Å². The van der Waals surface area contributed by atoms with Crippen molar-refractivity contribution in [2.75, 3.05) is 7.11 Å². The van der Waals surface area contributed by atoms with Gasteiger partial charge in [0.1, 0.15) is 11.4 Å². The standard InChI is InChI=1S/C15H20O3/c1-9(2)11-8-14(16)15(3,17)13-6-5-10(18-4)7-12(11)13/h5-7,9,11,17H,8H2,1-4H3. The minimum atomic E-state index is -1.37. The highest BCUT2D eigenvalue weighted by atomic mass is 16.5. The highest BCUT2D eigenvalue weighted by Crippen LogP contribution is 2.43. The van der Waals surface area contributed by atoms with E-state index in [9.17, 15) is 9.90 Å². The molecular formula is C15H20O3. The van der Waals surface area contributed by atoms with Gasteiger partial charge in [-0.15, -0.1) is 0 Å². The molecule has 1 aliphatic rings. The molecule has 0 bridgehead atoms. The fraction of sp³-hybridized carbons (Fsp3) is 0.533. The number of carbonyl (C=O) groups excluding carboxylic acids is 1. The monoisotopic (exact) mass is 248 g/mol. The maximum Gasteiger partial charge on any atom is 0.169 e. The number of hydrogen-bond acceptors (Lipinski definition) is 3. The Morgan fingerprint density at radius 3 is 2.67 bits per heavy atom. The van der Waals surface area contributed by atoms with Gasteiger partial charge in [-0.2, -0.15) is 0 Å². The largest absolute Gasteiger partial charge is 0.497 e. The Balaban J connectivity index is 2.60. The van der Waals surface area contributed by atoms with Gasteiger partial charge in [0.25, 0.3) is 0 Å². The molecule has 1 aromatic carbocycles. The van der Waals surface area contributed by atoms with Gasteiger partial charge in [0, 0.05) is 6.42 Å². The van der Waals surface area contributed by atoms with Crippen molar-refractivity contribution >= 4 is 5.78 Å². The first-order chi connectivity index (χ1) is 8.37. The first-order valence-corrected chi connectivity index (χ1v) is 6.32. The van der Waals surface area contributed by atoms with Gasteiger partial charge in [-0.1, -0.05) is 19.9 Å². The van der Waals surface area contributed by atoms with Crippen molar-refractivity contribution < 1.29 is 14.6 Å². The van der Waals surface area contributed by atoms with Crippen molar-refractivity contribution in [3.8, 4) is 5.75 Å². The molecule has 0 radical (unpaired) electrons. The summed E-state index contributed by atoms with van der Waals surface area (Å²) in [6.45, 7) is 5.78. The third-order valence-corrected chi connectivity index (χ3v) is 3.94. The molecule has 0 saturated carbocycles. The summed E-state index contributed by atoms with van der Waals surface area (Å²) in [6, 6.07) is 5.55. The van der Waals surface area contributed by atoms with Gasteiger partial charge >= 0.3 is 0 Å². The summed E-state index contributed by atoms with van der Waals surface area (Å²) in [5.74, 6) is 1.18. The molecule has 0 aromatic heterocycles. The van der Waals surface area contributed by atoms with Gasteiger partial charge in [-0.05, 0) is 42.0 Å².